The zero-order valence-electron chi connectivity index (χ0n) is 16.5. The molecule has 7 heteroatoms. The standard InChI is InChI=1S/C23H21ClN4O2/c1-2-6-18-21-20(17(12-25)22(26)30-23(21)28-27-18)16-11-15(24)9-10-19(16)29-13-14-7-4-3-5-8-14/h3-5,7-11,20H,2,6,13,26H2,1H3,(H,27,28)/t20-/m1/s1. The van der Waals surface area contributed by atoms with Crippen LogP contribution in [-0.4, -0.2) is 10.2 Å². The summed E-state index contributed by atoms with van der Waals surface area (Å²) < 4.78 is 11.8. The molecule has 1 aliphatic heterocycles. The number of rotatable bonds is 6. The summed E-state index contributed by atoms with van der Waals surface area (Å²) in [4.78, 5) is 0. The van der Waals surface area contributed by atoms with Crippen molar-refractivity contribution in [1.29, 1.82) is 5.26 Å². The second-order valence-electron chi connectivity index (χ2n) is 7.05. The van der Waals surface area contributed by atoms with E-state index >= 15 is 0 Å². The average Bonchev–Trinajstić information content (AvgIpc) is 3.15. The lowest BCUT2D eigenvalue weighted by Gasteiger charge is -2.26. The van der Waals surface area contributed by atoms with Crippen LogP contribution in [-0.2, 0) is 13.0 Å². The fraction of sp³-hybridized carbons (Fsp3) is 0.217. The number of nitriles is 1. The first-order valence-electron chi connectivity index (χ1n) is 9.73. The number of nitrogens with zero attached hydrogens (tertiary/aromatic N) is 2. The van der Waals surface area contributed by atoms with Gasteiger partial charge in [0.05, 0.1) is 11.5 Å². The van der Waals surface area contributed by atoms with E-state index in [-0.39, 0.29) is 5.88 Å². The van der Waals surface area contributed by atoms with Gasteiger partial charge in [-0.2, -0.15) is 5.26 Å². The second-order valence-corrected chi connectivity index (χ2v) is 7.49. The Balaban J connectivity index is 1.81. The zero-order valence-corrected chi connectivity index (χ0v) is 17.2. The van der Waals surface area contributed by atoms with Crippen molar-refractivity contribution in [1.82, 2.24) is 10.2 Å². The van der Waals surface area contributed by atoms with Crippen molar-refractivity contribution < 1.29 is 9.47 Å². The number of hydrogen-bond donors (Lipinski definition) is 2. The van der Waals surface area contributed by atoms with Crippen LogP contribution in [0.2, 0.25) is 5.02 Å². The molecule has 0 aliphatic carbocycles. The van der Waals surface area contributed by atoms with Gasteiger partial charge < -0.3 is 15.2 Å². The van der Waals surface area contributed by atoms with Crippen LogP contribution in [0.5, 0.6) is 11.6 Å². The molecular weight excluding hydrogens is 400 g/mol. The Morgan fingerprint density at radius 3 is 2.80 bits per heavy atom. The molecule has 2 aromatic carbocycles. The number of allylic oxidation sites excluding steroid dienone is 1. The maximum absolute atomic E-state index is 9.87. The van der Waals surface area contributed by atoms with Crippen LogP contribution >= 0.6 is 11.6 Å². The number of aromatic nitrogens is 2. The van der Waals surface area contributed by atoms with Gasteiger partial charge >= 0.3 is 0 Å². The quantitative estimate of drug-likeness (QED) is 0.596. The van der Waals surface area contributed by atoms with Gasteiger partial charge in [0.25, 0.3) is 0 Å². The smallest absolute Gasteiger partial charge is 0.244 e. The second kappa shape index (κ2) is 8.52. The van der Waals surface area contributed by atoms with Gasteiger partial charge in [-0.1, -0.05) is 55.3 Å². The highest BCUT2D eigenvalue weighted by Crippen LogP contribution is 2.46. The van der Waals surface area contributed by atoms with Gasteiger partial charge in [0, 0.05) is 16.3 Å². The molecule has 1 aliphatic rings. The molecular formula is C23H21ClN4O2. The summed E-state index contributed by atoms with van der Waals surface area (Å²) in [5.41, 5.74) is 9.89. The summed E-state index contributed by atoms with van der Waals surface area (Å²) in [6.07, 6.45) is 1.68. The molecule has 0 saturated carbocycles. The topological polar surface area (TPSA) is 97.0 Å². The van der Waals surface area contributed by atoms with Gasteiger partial charge in [-0.25, -0.2) is 0 Å². The van der Waals surface area contributed by atoms with Gasteiger partial charge in [0.2, 0.25) is 11.8 Å². The lowest BCUT2D eigenvalue weighted by atomic mass is 9.83. The fourth-order valence-electron chi connectivity index (χ4n) is 3.67. The third-order valence-electron chi connectivity index (χ3n) is 5.04. The van der Waals surface area contributed by atoms with E-state index in [9.17, 15) is 5.26 Å². The molecule has 3 aromatic rings. The van der Waals surface area contributed by atoms with Crippen molar-refractivity contribution in [3.8, 4) is 17.7 Å². The van der Waals surface area contributed by atoms with E-state index in [4.69, 9.17) is 26.8 Å². The third-order valence-corrected chi connectivity index (χ3v) is 5.27. The van der Waals surface area contributed by atoms with E-state index < -0.39 is 5.92 Å². The van der Waals surface area contributed by atoms with Crippen LogP contribution < -0.4 is 15.2 Å². The summed E-state index contributed by atoms with van der Waals surface area (Å²) in [7, 11) is 0. The number of H-pyrrole nitrogens is 1. The van der Waals surface area contributed by atoms with Crippen molar-refractivity contribution in [3.05, 3.63) is 87.4 Å². The minimum atomic E-state index is -0.483. The lowest BCUT2D eigenvalue weighted by molar-refractivity contribution is 0.301. The van der Waals surface area contributed by atoms with Gasteiger partial charge in [-0.05, 0) is 30.2 Å². The number of nitrogens with one attached hydrogen (secondary N) is 1. The van der Waals surface area contributed by atoms with Crippen molar-refractivity contribution >= 4 is 11.6 Å². The Hall–Kier alpha value is -3.43. The van der Waals surface area contributed by atoms with Crippen molar-refractivity contribution in [2.45, 2.75) is 32.3 Å². The van der Waals surface area contributed by atoms with Gasteiger partial charge in [-0.3, -0.25) is 5.10 Å². The highest BCUT2D eigenvalue weighted by atomic mass is 35.5. The zero-order chi connectivity index (χ0) is 21.1. The maximum Gasteiger partial charge on any atom is 0.244 e. The minimum absolute atomic E-state index is 0.0403. The van der Waals surface area contributed by atoms with Crippen LogP contribution in [0.25, 0.3) is 0 Å². The number of nitrogens with two attached hydrogens (primary N) is 1. The van der Waals surface area contributed by atoms with Crippen LogP contribution in [0.4, 0.5) is 0 Å². The van der Waals surface area contributed by atoms with E-state index in [1.165, 1.54) is 0 Å². The Labute approximate surface area is 179 Å². The first kappa shape index (κ1) is 19.9. The van der Waals surface area contributed by atoms with Crippen molar-refractivity contribution in [3.63, 3.8) is 0 Å². The number of ether oxygens (including phenoxy) is 2. The van der Waals surface area contributed by atoms with E-state index in [2.05, 4.69) is 23.2 Å². The maximum atomic E-state index is 9.87. The summed E-state index contributed by atoms with van der Waals surface area (Å²) in [6.45, 7) is 2.47. The Bertz CT molecular complexity index is 1130. The van der Waals surface area contributed by atoms with Crippen LogP contribution in [0.1, 0.15) is 41.6 Å². The number of fused-ring (bicyclic) bond motifs is 1. The third kappa shape index (κ3) is 3.72. The highest BCUT2D eigenvalue weighted by Gasteiger charge is 2.36. The first-order chi connectivity index (χ1) is 14.6. The largest absolute Gasteiger partial charge is 0.489 e. The van der Waals surface area contributed by atoms with E-state index in [1.807, 2.05) is 42.5 Å². The van der Waals surface area contributed by atoms with Gasteiger partial charge in [0.1, 0.15) is 24.0 Å². The molecule has 0 bridgehead atoms. The Morgan fingerprint density at radius 1 is 1.27 bits per heavy atom. The van der Waals surface area contributed by atoms with Gasteiger partial charge in [0.15, 0.2) is 0 Å². The predicted octanol–water partition coefficient (Wildman–Crippen LogP) is 4.81. The number of halogens is 1. The molecule has 0 amide bonds. The van der Waals surface area contributed by atoms with Crippen LogP contribution in [0.15, 0.2) is 60.0 Å². The molecule has 1 aromatic heterocycles. The minimum Gasteiger partial charge on any atom is -0.489 e. The molecule has 1 atom stereocenters. The van der Waals surface area contributed by atoms with Crippen LogP contribution in [0.3, 0.4) is 0 Å². The van der Waals surface area contributed by atoms with Crippen molar-refractivity contribution in [2.24, 2.45) is 5.73 Å². The summed E-state index contributed by atoms with van der Waals surface area (Å²) >= 11 is 6.34. The fourth-order valence-corrected chi connectivity index (χ4v) is 3.85. The summed E-state index contributed by atoms with van der Waals surface area (Å²) in [6, 6.07) is 17.5. The molecule has 152 valence electrons. The Morgan fingerprint density at radius 2 is 2.07 bits per heavy atom. The molecule has 3 N–H and O–H groups in total. The van der Waals surface area contributed by atoms with E-state index in [1.54, 1.807) is 6.07 Å². The molecule has 4 rings (SSSR count). The monoisotopic (exact) mass is 420 g/mol. The molecule has 0 fully saturated rings. The Kier molecular flexibility index (Phi) is 5.64. The SMILES string of the molecule is CCCc1[nH]nc2c1[C@H](c1cc(Cl)ccc1OCc1ccccc1)C(C#N)=C(N)O2. The number of benzene rings is 2. The van der Waals surface area contributed by atoms with E-state index in [0.29, 0.717) is 28.8 Å². The lowest BCUT2D eigenvalue weighted by Crippen LogP contribution is -2.21. The molecule has 2 heterocycles. The van der Waals surface area contributed by atoms with Gasteiger partial charge in [-0.15, -0.1) is 5.10 Å². The molecule has 0 spiro atoms. The first-order valence-corrected chi connectivity index (χ1v) is 10.1. The number of aryl methyl sites for hydroxylation is 1. The number of hydrogen-bond acceptors (Lipinski definition) is 5. The predicted molar refractivity (Wildman–Crippen MR) is 114 cm³/mol. The van der Waals surface area contributed by atoms with Crippen molar-refractivity contribution in [2.75, 3.05) is 0 Å². The average molecular weight is 421 g/mol. The van der Waals surface area contributed by atoms with E-state index in [0.717, 1.165) is 35.2 Å². The summed E-state index contributed by atoms with van der Waals surface area (Å²) in [5, 5.41) is 17.7. The normalized spacial score (nSPS) is 15.3. The number of aromatic amines is 1. The molecule has 6 nitrogen and oxygen atoms in total. The van der Waals surface area contributed by atoms with Crippen LogP contribution in [0, 0.1) is 11.3 Å². The molecule has 30 heavy (non-hydrogen) atoms. The highest BCUT2D eigenvalue weighted by molar-refractivity contribution is 6.30. The molecule has 0 saturated heterocycles. The summed E-state index contributed by atoms with van der Waals surface area (Å²) in [5.74, 6) is 0.571. The molecule has 0 radical (unpaired) electrons. The molecule has 0 unspecified atom stereocenters.